The maximum absolute atomic E-state index is 6.06. The van der Waals surface area contributed by atoms with E-state index in [0.29, 0.717) is 15.2 Å². The summed E-state index contributed by atoms with van der Waals surface area (Å²) in [6.45, 7) is 0. The van der Waals surface area contributed by atoms with Crippen molar-refractivity contribution in [1.29, 1.82) is 0 Å². The van der Waals surface area contributed by atoms with Crippen LogP contribution in [0.1, 0.15) is 10.6 Å². The molecule has 1 heterocycles. The lowest BCUT2D eigenvalue weighted by Crippen LogP contribution is -1.93. The third-order valence-electron chi connectivity index (χ3n) is 2.13. The Hall–Kier alpha value is -0.840. The van der Waals surface area contributed by atoms with Crippen LogP contribution >= 0.6 is 34.5 Å². The number of nitrogen functional groups attached to an aromatic ring is 1. The van der Waals surface area contributed by atoms with Gasteiger partial charge in [0.05, 0.1) is 0 Å². The first-order chi connectivity index (χ1) is 7.66. The van der Waals surface area contributed by atoms with E-state index in [1.54, 1.807) is 0 Å². The third-order valence-corrected chi connectivity index (χ3v) is 3.65. The minimum Gasteiger partial charge on any atom is -0.374 e. The molecule has 2 aromatic rings. The van der Waals surface area contributed by atoms with Crippen LogP contribution in [0.3, 0.4) is 0 Å². The van der Waals surface area contributed by atoms with Gasteiger partial charge in [0.2, 0.25) is 5.13 Å². The molecule has 0 aliphatic carbocycles. The summed E-state index contributed by atoms with van der Waals surface area (Å²) >= 11 is 13.5. The summed E-state index contributed by atoms with van der Waals surface area (Å²) in [5.74, 6) is 0. The number of nitrogens with two attached hydrogens (primary N) is 1. The minimum atomic E-state index is 0.486. The molecule has 0 spiro atoms. The Morgan fingerprint density at radius 3 is 2.38 bits per heavy atom. The summed E-state index contributed by atoms with van der Waals surface area (Å²) in [5, 5.41) is 10.5. The van der Waals surface area contributed by atoms with Crippen molar-refractivity contribution in [2.45, 2.75) is 12.8 Å². The van der Waals surface area contributed by atoms with Crippen molar-refractivity contribution in [3.05, 3.63) is 38.8 Å². The molecule has 0 saturated heterocycles. The number of hydrogen-bond acceptors (Lipinski definition) is 4. The molecule has 0 atom stereocenters. The van der Waals surface area contributed by atoms with E-state index in [-0.39, 0.29) is 0 Å². The van der Waals surface area contributed by atoms with Crippen molar-refractivity contribution in [2.75, 3.05) is 5.73 Å². The highest BCUT2D eigenvalue weighted by Crippen LogP contribution is 2.26. The molecular formula is C10H9Cl2N3S. The number of hydrogen-bond donors (Lipinski definition) is 1. The molecular weight excluding hydrogens is 265 g/mol. The van der Waals surface area contributed by atoms with Crippen LogP contribution < -0.4 is 5.73 Å². The van der Waals surface area contributed by atoms with E-state index in [4.69, 9.17) is 28.9 Å². The maximum Gasteiger partial charge on any atom is 0.203 e. The lowest BCUT2D eigenvalue weighted by molar-refractivity contribution is 0.906. The second kappa shape index (κ2) is 4.99. The monoisotopic (exact) mass is 273 g/mol. The Kier molecular flexibility index (Phi) is 3.63. The lowest BCUT2D eigenvalue weighted by atomic mass is 10.1. The zero-order valence-corrected chi connectivity index (χ0v) is 10.6. The highest BCUT2D eigenvalue weighted by molar-refractivity contribution is 7.15. The fraction of sp³-hybridized carbons (Fsp3) is 0.200. The van der Waals surface area contributed by atoms with Crippen molar-refractivity contribution in [3.63, 3.8) is 0 Å². The molecule has 0 bridgehead atoms. The van der Waals surface area contributed by atoms with Gasteiger partial charge in [-0.1, -0.05) is 40.6 Å². The van der Waals surface area contributed by atoms with Crippen molar-refractivity contribution >= 4 is 39.7 Å². The molecule has 2 rings (SSSR count). The SMILES string of the molecule is Nc1nnc(CCc2c(Cl)cccc2Cl)s1. The van der Waals surface area contributed by atoms with Crippen LogP contribution in [0.5, 0.6) is 0 Å². The van der Waals surface area contributed by atoms with E-state index in [1.165, 1.54) is 11.3 Å². The Bertz CT molecular complexity index is 478. The Morgan fingerprint density at radius 2 is 1.81 bits per heavy atom. The normalized spacial score (nSPS) is 10.6. The van der Waals surface area contributed by atoms with Crippen molar-refractivity contribution in [3.8, 4) is 0 Å². The van der Waals surface area contributed by atoms with Gasteiger partial charge in [-0.05, 0) is 24.1 Å². The quantitative estimate of drug-likeness (QED) is 0.935. The zero-order chi connectivity index (χ0) is 11.5. The van der Waals surface area contributed by atoms with E-state index in [9.17, 15) is 0 Å². The van der Waals surface area contributed by atoms with Crippen LogP contribution in [0.2, 0.25) is 10.0 Å². The average molecular weight is 274 g/mol. The highest BCUT2D eigenvalue weighted by atomic mass is 35.5. The van der Waals surface area contributed by atoms with Crippen molar-refractivity contribution in [1.82, 2.24) is 10.2 Å². The predicted octanol–water partition coefficient (Wildman–Crippen LogP) is 3.21. The Balaban J connectivity index is 2.10. The Morgan fingerprint density at radius 1 is 1.12 bits per heavy atom. The lowest BCUT2D eigenvalue weighted by Gasteiger charge is -2.04. The van der Waals surface area contributed by atoms with Crippen LogP contribution in [-0.4, -0.2) is 10.2 Å². The van der Waals surface area contributed by atoms with E-state index >= 15 is 0 Å². The van der Waals surface area contributed by atoms with Gasteiger partial charge in [0.25, 0.3) is 0 Å². The molecule has 84 valence electrons. The van der Waals surface area contributed by atoms with Gasteiger partial charge >= 0.3 is 0 Å². The van der Waals surface area contributed by atoms with Gasteiger partial charge in [-0.2, -0.15) is 0 Å². The van der Waals surface area contributed by atoms with Gasteiger partial charge in [-0.15, -0.1) is 10.2 Å². The van der Waals surface area contributed by atoms with Gasteiger partial charge < -0.3 is 5.73 Å². The van der Waals surface area contributed by atoms with Crippen LogP contribution in [-0.2, 0) is 12.8 Å². The molecule has 0 radical (unpaired) electrons. The number of anilines is 1. The minimum absolute atomic E-state index is 0.486. The summed E-state index contributed by atoms with van der Waals surface area (Å²) < 4.78 is 0. The third kappa shape index (κ3) is 2.64. The summed E-state index contributed by atoms with van der Waals surface area (Å²) in [6.07, 6.45) is 1.49. The molecule has 0 amide bonds. The second-order valence-electron chi connectivity index (χ2n) is 3.23. The molecule has 0 fully saturated rings. The molecule has 6 heteroatoms. The van der Waals surface area contributed by atoms with Crippen LogP contribution in [0.25, 0.3) is 0 Å². The average Bonchev–Trinajstić information content (AvgIpc) is 2.63. The number of benzene rings is 1. The van der Waals surface area contributed by atoms with Crippen LogP contribution in [0.15, 0.2) is 18.2 Å². The second-order valence-corrected chi connectivity index (χ2v) is 5.14. The summed E-state index contributed by atoms with van der Waals surface area (Å²) in [7, 11) is 0. The standard InChI is InChI=1S/C10H9Cl2N3S/c11-7-2-1-3-8(12)6(7)4-5-9-14-15-10(13)16-9/h1-3H,4-5H2,(H2,13,15). The molecule has 0 aliphatic rings. The first kappa shape index (κ1) is 11.6. The van der Waals surface area contributed by atoms with Crippen molar-refractivity contribution < 1.29 is 0 Å². The zero-order valence-electron chi connectivity index (χ0n) is 8.28. The Labute approximate surface area is 107 Å². The predicted molar refractivity (Wildman–Crippen MR) is 68.2 cm³/mol. The van der Waals surface area contributed by atoms with E-state index in [2.05, 4.69) is 10.2 Å². The van der Waals surface area contributed by atoms with Gasteiger partial charge in [-0.25, -0.2) is 0 Å². The first-order valence-corrected chi connectivity index (χ1v) is 6.25. The molecule has 2 N–H and O–H groups in total. The number of halogens is 2. The van der Waals surface area contributed by atoms with Crippen LogP contribution in [0.4, 0.5) is 5.13 Å². The van der Waals surface area contributed by atoms with Gasteiger partial charge in [0.15, 0.2) is 0 Å². The molecule has 1 aromatic carbocycles. The summed E-state index contributed by atoms with van der Waals surface area (Å²) in [6, 6.07) is 5.49. The number of aryl methyl sites for hydroxylation is 1. The molecule has 0 unspecified atom stereocenters. The fourth-order valence-corrected chi connectivity index (χ4v) is 2.57. The maximum atomic E-state index is 6.06. The van der Waals surface area contributed by atoms with Crippen molar-refractivity contribution in [2.24, 2.45) is 0 Å². The van der Waals surface area contributed by atoms with Gasteiger partial charge in [0.1, 0.15) is 5.01 Å². The number of rotatable bonds is 3. The largest absolute Gasteiger partial charge is 0.374 e. The number of aromatic nitrogens is 2. The van der Waals surface area contributed by atoms with E-state index in [0.717, 1.165) is 23.4 Å². The first-order valence-electron chi connectivity index (χ1n) is 4.67. The smallest absolute Gasteiger partial charge is 0.203 e. The summed E-state index contributed by atoms with van der Waals surface area (Å²) in [4.78, 5) is 0. The molecule has 1 aromatic heterocycles. The molecule has 0 saturated carbocycles. The topological polar surface area (TPSA) is 51.8 Å². The number of nitrogens with zero attached hydrogens (tertiary/aromatic N) is 2. The van der Waals surface area contributed by atoms with E-state index in [1.807, 2.05) is 18.2 Å². The highest BCUT2D eigenvalue weighted by Gasteiger charge is 2.07. The van der Waals surface area contributed by atoms with Gasteiger partial charge in [-0.3, -0.25) is 0 Å². The molecule has 3 nitrogen and oxygen atoms in total. The van der Waals surface area contributed by atoms with E-state index < -0.39 is 0 Å². The fourth-order valence-electron chi connectivity index (χ4n) is 1.37. The van der Waals surface area contributed by atoms with Crippen LogP contribution in [0, 0.1) is 0 Å². The van der Waals surface area contributed by atoms with Gasteiger partial charge in [0, 0.05) is 16.5 Å². The summed E-state index contributed by atoms with van der Waals surface area (Å²) in [5.41, 5.74) is 6.44. The molecule has 16 heavy (non-hydrogen) atoms. The molecule has 0 aliphatic heterocycles.